The lowest BCUT2D eigenvalue weighted by Gasteiger charge is -2.06. The molecule has 1 N–H and O–H groups in total. The van der Waals surface area contributed by atoms with E-state index in [1.807, 2.05) is 19.0 Å². The van der Waals surface area contributed by atoms with Crippen LogP contribution in [0, 0.1) is 17.5 Å². The van der Waals surface area contributed by atoms with Gasteiger partial charge in [-0.15, -0.1) is 11.3 Å². The molecule has 0 aliphatic heterocycles. The first-order chi connectivity index (χ1) is 9.88. The number of benzene rings is 1. The number of amides is 1. The predicted molar refractivity (Wildman–Crippen MR) is 73.8 cm³/mol. The average molecular weight is 315 g/mol. The molecule has 0 saturated heterocycles. The molecule has 21 heavy (non-hydrogen) atoms. The van der Waals surface area contributed by atoms with Crippen molar-refractivity contribution in [2.24, 2.45) is 0 Å². The second kappa shape index (κ2) is 6.23. The van der Waals surface area contributed by atoms with Crippen LogP contribution in [-0.2, 0) is 6.54 Å². The third-order valence-electron chi connectivity index (χ3n) is 2.53. The van der Waals surface area contributed by atoms with E-state index in [4.69, 9.17) is 0 Å². The monoisotopic (exact) mass is 315 g/mol. The first kappa shape index (κ1) is 15.5. The molecule has 1 aromatic heterocycles. The van der Waals surface area contributed by atoms with Crippen LogP contribution in [0.15, 0.2) is 17.5 Å². The fourth-order valence-electron chi connectivity index (χ4n) is 1.63. The number of carbonyl (C=O) groups is 1. The molecule has 112 valence electrons. The quantitative estimate of drug-likeness (QED) is 0.883. The van der Waals surface area contributed by atoms with Gasteiger partial charge in [-0.3, -0.25) is 10.1 Å². The second-order valence-corrected chi connectivity index (χ2v) is 5.42. The average Bonchev–Trinajstić information content (AvgIpc) is 2.82. The topological polar surface area (TPSA) is 45.2 Å². The van der Waals surface area contributed by atoms with Crippen LogP contribution < -0.4 is 5.32 Å². The van der Waals surface area contributed by atoms with Crippen LogP contribution in [0.4, 0.5) is 18.3 Å². The highest BCUT2D eigenvalue weighted by atomic mass is 32.1. The minimum absolute atomic E-state index is 0.265. The van der Waals surface area contributed by atoms with Gasteiger partial charge in [0.05, 0.1) is 11.3 Å². The number of halogens is 3. The van der Waals surface area contributed by atoms with Crippen LogP contribution in [0.2, 0.25) is 0 Å². The maximum atomic E-state index is 13.5. The van der Waals surface area contributed by atoms with Crippen molar-refractivity contribution < 1.29 is 18.0 Å². The highest BCUT2D eigenvalue weighted by Crippen LogP contribution is 2.20. The highest BCUT2D eigenvalue weighted by molar-refractivity contribution is 7.13. The standard InChI is InChI=1S/C13H12F3N3OS/c1-19(2)5-7-6-21-13(17-7)18-12(20)8-3-4-9(14)11(16)10(8)15/h3-4,6H,5H2,1-2H3,(H,17,18,20). The summed E-state index contributed by atoms with van der Waals surface area (Å²) >= 11 is 1.17. The zero-order valence-corrected chi connectivity index (χ0v) is 12.1. The number of nitrogens with zero attached hydrogens (tertiary/aromatic N) is 2. The van der Waals surface area contributed by atoms with E-state index < -0.39 is 28.9 Å². The highest BCUT2D eigenvalue weighted by Gasteiger charge is 2.19. The van der Waals surface area contributed by atoms with Crippen molar-refractivity contribution in [1.29, 1.82) is 0 Å². The Labute approximate surface area is 123 Å². The second-order valence-electron chi connectivity index (χ2n) is 4.56. The Hall–Kier alpha value is -1.93. The summed E-state index contributed by atoms with van der Waals surface area (Å²) in [6.07, 6.45) is 0. The molecule has 0 radical (unpaired) electrons. The van der Waals surface area contributed by atoms with Gasteiger partial charge in [0.25, 0.3) is 5.91 Å². The summed E-state index contributed by atoms with van der Waals surface area (Å²) < 4.78 is 39.4. The lowest BCUT2D eigenvalue weighted by Crippen LogP contribution is -2.15. The third kappa shape index (κ3) is 3.59. The van der Waals surface area contributed by atoms with Crippen molar-refractivity contribution >= 4 is 22.4 Å². The minimum Gasteiger partial charge on any atom is -0.304 e. The van der Waals surface area contributed by atoms with E-state index in [1.165, 1.54) is 11.3 Å². The van der Waals surface area contributed by atoms with E-state index >= 15 is 0 Å². The first-order valence-corrected chi connectivity index (χ1v) is 6.80. The Balaban J connectivity index is 2.15. The van der Waals surface area contributed by atoms with E-state index in [1.54, 1.807) is 5.38 Å². The van der Waals surface area contributed by atoms with Crippen molar-refractivity contribution in [3.63, 3.8) is 0 Å². The molecule has 0 bridgehead atoms. The molecule has 0 atom stereocenters. The maximum absolute atomic E-state index is 13.5. The van der Waals surface area contributed by atoms with Gasteiger partial charge in [0, 0.05) is 11.9 Å². The summed E-state index contributed by atoms with van der Waals surface area (Å²) in [4.78, 5) is 17.9. The number of thiazole rings is 1. The van der Waals surface area contributed by atoms with E-state index in [-0.39, 0.29) is 5.13 Å². The van der Waals surface area contributed by atoms with E-state index in [0.717, 1.165) is 11.8 Å². The van der Waals surface area contributed by atoms with Crippen LogP contribution in [0.1, 0.15) is 16.1 Å². The first-order valence-electron chi connectivity index (χ1n) is 5.92. The molecular weight excluding hydrogens is 303 g/mol. The van der Waals surface area contributed by atoms with Crippen molar-refractivity contribution in [2.45, 2.75) is 6.54 Å². The van der Waals surface area contributed by atoms with Gasteiger partial charge in [-0.2, -0.15) is 0 Å². The van der Waals surface area contributed by atoms with Crippen LogP contribution in [-0.4, -0.2) is 29.9 Å². The molecule has 2 aromatic rings. The van der Waals surface area contributed by atoms with Crippen LogP contribution >= 0.6 is 11.3 Å². The zero-order valence-electron chi connectivity index (χ0n) is 11.3. The van der Waals surface area contributed by atoms with Gasteiger partial charge in [-0.1, -0.05) is 0 Å². The van der Waals surface area contributed by atoms with Crippen molar-refractivity contribution in [3.05, 3.63) is 46.2 Å². The van der Waals surface area contributed by atoms with Gasteiger partial charge >= 0.3 is 0 Å². The van der Waals surface area contributed by atoms with Gasteiger partial charge in [0.2, 0.25) is 0 Å². The fourth-order valence-corrected chi connectivity index (χ4v) is 2.32. The normalized spacial score (nSPS) is 11.0. The summed E-state index contributed by atoms with van der Waals surface area (Å²) in [7, 11) is 3.74. The van der Waals surface area contributed by atoms with Gasteiger partial charge in [0.15, 0.2) is 22.6 Å². The molecule has 0 saturated carbocycles. The number of aromatic nitrogens is 1. The summed E-state index contributed by atoms with van der Waals surface area (Å²) in [5, 5.41) is 4.37. The van der Waals surface area contributed by atoms with Crippen LogP contribution in [0.5, 0.6) is 0 Å². The van der Waals surface area contributed by atoms with Crippen molar-refractivity contribution in [1.82, 2.24) is 9.88 Å². The predicted octanol–water partition coefficient (Wildman–Crippen LogP) is 2.87. The summed E-state index contributed by atoms with van der Waals surface area (Å²) in [5.41, 5.74) is 0.171. The SMILES string of the molecule is CN(C)Cc1csc(NC(=O)c2ccc(F)c(F)c2F)n1. The molecule has 2 rings (SSSR count). The number of carbonyl (C=O) groups excluding carboxylic acids is 1. The number of rotatable bonds is 4. The molecule has 0 spiro atoms. The van der Waals surface area contributed by atoms with E-state index in [9.17, 15) is 18.0 Å². The third-order valence-corrected chi connectivity index (χ3v) is 3.34. The number of hydrogen-bond donors (Lipinski definition) is 1. The van der Waals surface area contributed by atoms with Gasteiger partial charge in [0.1, 0.15) is 0 Å². The zero-order chi connectivity index (χ0) is 15.6. The van der Waals surface area contributed by atoms with Crippen LogP contribution in [0.25, 0.3) is 0 Å². The summed E-state index contributed by atoms with van der Waals surface area (Å²) in [6.45, 7) is 0.589. The molecule has 1 heterocycles. The molecule has 0 unspecified atom stereocenters. The minimum atomic E-state index is -1.67. The molecule has 8 heteroatoms. The van der Waals surface area contributed by atoms with E-state index in [0.29, 0.717) is 12.6 Å². The maximum Gasteiger partial charge on any atom is 0.260 e. The molecule has 0 aliphatic rings. The van der Waals surface area contributed by atoms with Gasteiger partial charge in [-0.25, -0.2) is 18.2 Å². The van der Waals surface area contributed by atoms with E-state index in [2.05, 4.69) is 10.3 Å². The number of hydrogen-bond acceptors (Lipinski definition) is 4. The Morgan fingerprint density at radius 1 is 1.29 bits per heavy atom. The molecular formula is C13H12F3N3OS. The molecule has 0 aliphatic carbocycles. The van der Waals surface area contributed by atoms with Gasteiger partial charge in [-0.05, 0) is 26.2 Å². The molecule has 4 nitrogen and oxygen atoms in total. The Morgan fingerprint density at radius 2 is 2.00 bits per heavy atom. The number of nitrogens with one attached hydrogen (secondary N) is 1. The number of anilines is 1. The summed E-state index contributed by atoms with van der Waals surface area (Å²) in [5.74, 6) is -5.41. The Kier molecular flexibility index (Phi) is 4.59. The van der Waals surface area contributed by atoms with Crippen molar-refractivity contribution in [3.8, 4) is 0 Å². The molecule has 0 fully saturated rings. The largest absolute Gasteiger partial charge is 0.304 e. The molecule has 1 aromatic carbocycles. The smallest absolute Gasteiger partial charge is 0.260 e. The Morgan fingerprint density at radius 3 is 2.67 bits per heavy atom. The van der Waals surface area contributed by atoms with Crippen molar-refractivity contribution in [2.75, 3.05) is 19.4 Å². The Bertz CT molecular complexity index is 673. The van der Waals surface area contributed by atoms with Crippen LogP contribution in [0.3, 0.4) is 0 Å². The fraction of sp³-hybridized carbons (Fsp3) is 0.231. The lowest BCUT2D eigenvalue weighted by atomic mass is 10.2. The lowest BCUT2D eigenvalue weighted by molar-refractivity contribution is 0.102. The molecule has 1 amide bonds. The van der Waals surface area contributed by atoms with Gasteiger partial charge < -0.3 is 4.90 Å². The summed E-state index contributed by atoms with van der Waals surface area (Å²) in [6, 6.07) is 1.59.